The Balaban J connectivity index is 1.84. The molecule has 0 saturated carbocycles. The van der Waals surface area contributed by atoms with Crippen molar-refractivity contribution in [3.63, 3.8) is 0 Å². The minimum absolute atomic E-state index is 0.289. The Bertz CT molecular complexity index is 563. The lowest BCUT2D eigenvalue weighted by Crippen LogP contribution is -2.13. The topological polar surface area (TPSA) is 52.6 Å². The van der Waals surface area contributed by atoms with Crippen molar-refractivity contribution in [1.82, 2.24) is 0 Å². The largest absolute Gasteiger partial charge is 0.372 e. The third kappa shape index (κ3) is 4.74. The lowest BCUT2D eigenvalue weighted by Gasteiger charge is -2.10. The van der Waals surface area contributed by atoms with Crippen LogP contribution in [0.2, 0.25) is 0 Å². The number of benzene rings is 1. The highest BCUT2D eigenvalue weighted by atomic mass is 32.2. The molecule has 2 rings (SSSR count). The molecule has 0 aromatic heterocycles. The zero-order chi connectivity index (χ0) is 14.6. The minimum Gasteiger partial charge on any atom is -0.372 e. The van der Waals surface area contributed by atoms with Gasteiger partial charge in [0.1, 0.15) is 0 Å². The van der Waals surface area contributed by atoms with Gasteiger partial charge in [-0.3, -0.25) is 4.18 Å². The predicted octanol–water partition coefficient (Wildman–Crippen LogP) is 2.51. The molecular weight excluding hydrogens is 276 g/mol. The standard InChI is InChI=1S/C15H20O4S/c1-12-8-15(19-20(2,16)17)9-14(12)11-18-10-13-6-4-3-5-7-13/h3-7,9,12,15H,8,10-11H2,1-2H3/t12-,15+/m0/s1. The van der Waals surface area contributed by atoms with Gasteiger partial charge in [0.05, 0.1) is 25.6 Å². The Morgan fingerprint density at radius 1 is 1.20 bits per heavy atom. The van der Waals surface area contributed by atoms with E-state index in [9.17, 15) is 8.42 Å². The van der Waals surface area contributed by atoms with Crippen LogP contribution in [0.25, 0.3) is 0 Å². The van der Waals surface area contributed by atoms with Crippen LogP contribution >= 0.6 is 0 Å². The zero-order valence-corrected chi connectivity index (χ0v) is 12.6. The fourth-order valence-corrected chi connectivity index (χ4v) is 2.90. The molecule has 1 aromatic rings. The molecule has 0 bridgehead atoms. The summed E-state index contributed by atoms with van der Waals surface area (Å²) in [5.74, 6) is 0.289. The maximum Gasteiger partial charge on any atom is 0.264 e. The molecule has 110 valence electrons. The molecule has 0 radical (unpaired) electrons. The van der Waals surface area contributed by atoms with Crippen molar-refractivity contribution in [3.8, 4) is 0 Å². The van der Waals surface area contributed by atoms with Gasteiger partial charge in [0.25, 0.3) is 10.1 Å². The second-order valence-corrected chi connectivity index (χ2v) is 6.80. The van der Waals surface area contributed by atoms with E-state index in [4.69, 9.17) is 8.92 Å². The predicted molar refractivity (Wildman–Crippen MR) is 77.7 cm³/mol. The summed E-state index contributed by atoms with van der Waals surface area (Å²) in [6, 6.07) is 9.96. The smallest absolute Gasteiger partial charge is 0.264 e. The van der Waals surface area contributed by atoms with Crippen LogP contribution < -0.4 is 0 Å². The van der Waals surface area contributed by atoms with Gasteiger partial charge in [0.2, 0.25) is 0 Å². The van der Waals surface area contributed by atoms with Crippen LogP contribution in [0.15, 0.2) is 42.0 Å². The quantitative estimate of drug-likeness (QED) is 0.598. The first-order valence-electron chi connectivity index (χ1n) is 6.64. The molecule has 5 heteroatoms. The van der Waals surface area contributed by atoms with Gasteiger partial charge in [-0.05, 0) is 23.5 Å². The second-order valence-electron chi connectivity index (χ2n) is 5.20. The van der Waals surface area contributed by atoms with Gasteiger partial charge >= 0.3 is 0 Å². The fraction of sp³-hybridized carbons (Fsp3) is 0.467. The molecule has 1 aliphatic rings. The molecule has 0 aliphatic heterocycles. The SMILES string of the molecule is C[C@H]1C[C@@H](OS(C)(=O)=O)C=C1COCc1ccccc1. The third-order valence-electron chi connectivity index (χ3n) is 3.30. The molecule has 2 atom stereocenters. The molecule has 0 spiro atoms. The van der Waals surface area contributed by atoms with Crippen LogP contribution in [0.3, 0.4) is 0 Å². The van der Waals surface area contributed by atoms with Crippen molar-refractivity contribution in [2.24, 2.45) is 5.92 Å². The summed E-state index contributed by atoms with van der Waals surface area (Å²) < 4.78 is 32.9. The molecule has 20 heavy (non-hydrogen) atoms. The number of hydrogen-bond donors (Lipinski definition) is 0. The highest BCUT2D eigenvalue weighted by Gasteiger charge is 2.26. The molecular formula is C15H20O4S. The maximum atomic E-state index is 11.1. The van der Waals surface area contributed by atoms with Gasteiger partial charge in [-0.1, -0.05) is 43.3 Å². The van der Waals surface area contributed by atoms with E-state index in [0.717, 1.165) is 17.4 Å². The maximum absolute atomic E-state index is 11.1. The first-order chi connectivity index (χ1) is 9.44. The Hall–Kier alpha value is -1.17. The van der Waals surface area contributed by atoms with E-state index >= 15 is 0 Å². The first-order valence-corrected chi connectivity index (χ1v) is 8.46. The van der Waals surface area contributed by atoms with Crippen LogP contribution in [-0.2, 0) is 25.6 Å². The van der Waals surface area contributed by atoms with Crippen molar-refractivity contribution in [2.45, 2.75) is 26.1 Å². The molecule has 0 unspecified atom stereocenters. The van der Waals surface area contributed by atoms with Crippen molar-refractivity contribution in [1.29, 1.82) is 0 Å². The van der Waals surface area contributed by atoms with E-state index in [-0.39, 0.29) is 12.0 Å². The van der Waals surface area contributed by atoms with Gasteiger partial charge in [0, 0.05) is 0 Å². The van der Waals surface area contributed by atoms with Crippen molar-refractivity contribution in [3.05, 3.63) is 47.5 Å². The molecule has 0 heterocycles. The van der Waals surface area contributed by atoms with Gasteiger partial charge in [0.15, 0.2) is 0 Å². The first kappa shape index (κ1) is 15.2. The van der Waals surface area contributed by atoms with Crippen LogP contribution in [-0.4, -0.2) is 27.4 Å². The molecule has 1 aliphatic carbocycles. The fourth-order valence-electron chi connectivity index (χ4n) is 2.31. The number of hydrogen-bond acceptors (Lipinski definition) is 4. The summed E-state index contributed by atoms with van der Waals surface area (Å²) in [5.41, 5.74) is 2.23. The van der Waals surface area contributed by atoms with Gasteiger partial charge in [-0.15, -0.1) is 0 Å². The van der Waals surface area contributed by atoms with Gasteiger partial charge in [-0.25, -0.2) is 0 Å². The Morgan fingerprint density at radius 2 is 1.90 bits per heavy atom. The molecule has 4 nitrogen and oxygen atoms in total. The van der Waals surface area contributed by atoms with Crippen LogP contribution in [0.4, 0.5) is 0 Å². The highest BCUT2D eigenvalue weighted by molar-refractivity contribution is 7.86. The van der Waals surface area contributed by atoms with Gasteiger partial charge < -0.3 is 4.74 Å². The monoisotopic (exact) mass is 296 g/mol. The Labute approximate surface area is 120 Å². The Kier molecular flexibility index (Phi) is 4.96. The van der Waals surface area contributed by atoms with Crippen molar-refractivity contribution < 1.29 is 17.3 Å². The third-order valence-corrected chi connectivity index (χ3v) is 3.89. The molecule has 0 fully saturated rings. The van der Waals surface area contributed by atoms with E-state index in [1.54, 1.807) is 0 Å². The Morgan fingerprint density at radius 3 is 2.55 bits per heavy atom. The van der Waals surface area contributed by atoms with E-state index < -0.39 is 10.1 Å². The second kappa shape index (κ2) is 6.52. The van der Waals surface area contributed by atoms with Crippen molar-refractivity contribution in [2.75, 3.05) is 12.9 Å². The average Bonchev–Trinajstić information content (AvgIpc) is 2.68. The lowest BCUT2D eigenvalue weighted by atomic mass is 10.1. The summed E-state index contributed by atoms with van der Waals surface area (Å²) in [4.78, 5) is 0. The van der Waals surface area contributed by atoms with Crippen LogP contribution in [0.1, 0.15) is 18.9 Å². The van der Waals surface area contributed by atoms with Crippen molar-refractivity contribution >= 4 is 10.1 Å². The molecule has 0 N–H and O–H groups in total. The minimum atomic E-state index is -3.40. The van der Waals surface area contributed by atoms with Crippen LogP contribution in [0, 0.1) is 5.92 Å². The lowest BCUT2D eigenvalue weighted by molar-refractivity contribution is 0.137. The van der Waals surface area contributed by atoms with E-state index in [1.165, 1.54) is 0 Å². The summed E-state index contributed by atoms with van der Waals surface area (Å²) in [6.45, 7) is 3.13. The summed E-state index contributed by atoms with van der Waals surface area (Å²) in [6.07, 6.45) is 3.29. The summed E-state index contributed by atoms with van der Waals surface area (Å²) in [5, 5.41) is 0. The highest BCUT2D eigenvalue weighted by Crippen LogP contribution is 2.28. The van der Waals surface area contributed by atoms with E-state index in [0.29, 0.717) is 19.6 Å². The van der Waals surface area contributed by atoms with E-state index in [2.05, 4.69) is 6.92 Å². The number of rotatable bonds is 6. The van der Waals surface area contributed by atoms with Crippen LogP contribution in [0.5, 0.6) is 0 Å². The molecule has 0 amide bonds. The normalized spacial score (nSPS) is 22.8. The average molecular weight is 296 g/mol. The van der Waals surface area contributed by atoms with E-state index in [1.807, 2.05) is 36.4 Å². The summed E-state index contributed by atoms with van der Waals surface area (Å²) in [7, 11) is -3.40. The summed E-state index contributed by atoms with van der Waals surface area (Å²) >= 11 is 0. The zero-order valence-electron chi connectivity index (χ0n) is 11.8. The number of ether oxygens (including phenoxy) is 1. The van der Waals surface area contributed by atoms with Gasteiger partial charge in [-0.2, -0.15) is 8.42 Å². The molecule has 1 aromatic carbocycles. The molecule has 0 saturated heterocycles.